The van der Waals surface area contributed by atoms with Crippen molar-refractivity contribution in [2.75, 3.05) is 18.0 Å². The number of hydrogen-bond acceptors (Lipinski definition) is 3. The maximum Gasteiger partial charge on any atom is 0.332 e. The summed E-state index contributed by atoms with van der Waals surface area (Å²) in [6, 6.07) is 7.59. The molecule has 2 amide bonds. The highest BCUT2D eigenvalue weighted by Gasteiger charge is 2.10. The molecule has 19 heavy (non-hydrogen) atoms. The minimum absolute atomic E-state index is 0.649. The zero-order valence-corrected chi connectivity index (χ0v) is 11.2. The lowest BCUT2D eigenvalue weighted by atomic mass is 10.1. The molecule has 1 fully saturated rings. The first-order valence-corrected chi connectivity index (χ1v) is 6.62. The first-order chi connectivity index (χ1) is 9.16. The van der Waals surface area contributed by atoms with Crippen LogP contribution in [-0.2, 0) is 0 Å². The normalized spacial score (nSPS) is 16.3. The number of anilines is 1. The second-order valence-corrected chi connectivity index (χ2v) is 4.77. The maximum atomic E-state index is 10.6. The van der Waals surface area contributed by atoms with Crippen molar-refractivity contribution >= 4 is 17.4 Å². The molecule has 3 N–H and O–H groups in total. The SMILES string of the molecule is C/C(=N/NC(N)=O)c1ccc(N2CCCCC2)cc1. The van der Waals surface area contributed by atoms with Crippen molar-refractivity contribution in [2.24, 2.45) is 10.8 Å². The van der Waals surface area contributed by atoms with Gasteiger partial charge in [-0.1, -0.05) is 12.1 Å². The van der Waals surface area contributed by atoms with Crippen molar-refractivity contribution in [3.8, 4) is 0 Å². The summed E-state index contributed by atoms with van der Waals surface area (Å²) in [5.41, 5.74) is 10.2. The third kappa shape index (κ3) is 3.71. The molecular formula is C14H20N4O. The van der Waals surface area contributed by atoms with Crippen LogP contribution in [0, 0.1) is 0 Å². The first-order valence-electron chi connectivity index (χ1n) is 6.62. The fourth-order valence-electron chi connectivity index (χ4n) is 2.27. The van der Waals surface area contributed by atoms with E-state index in [0.717, 1.165) is 24.4 Å². The summed E-state index contributed by atoms with van der Waals surface area (Å²) in [4.78, 5) is 13.0. The van der Waals surface area contributed by atoms with Gasteiger partial charge in [0.05, 0.1) is 5.71 Å². The molecule has 1 aromatic rings. The Kier molecular flexibility index (Phi) is 4.39. The predicted molar refractivity (Wildman–Crippen MR) is 77.4 cm³/mol. The Balaban J connectivity index is 2.05. The Bertz CT molecular complexity index is 461. The van der Waals surface area contributed by atoms with Crippen LogP contribution in [0.2, 0.25) is 0 Å². The summed E-state index contributed by atoms with van der Waals surface area (Å²) < 4.78 is 0. The molecular weight excluding hydrogens is 240 g/mol. The lowest BCUT2D eigenvalue weighted by Gasteiger charge is -2.28. The lowest BCUT2D eigenvalue weighted by Crippen LogP contribution is -2.29. The van der Waals surface area contributed by atoms with E-state index in [1.165, 1.54) is 24.9 Å². The number of hydrazone groups is 1. The van der Waals surface area contributed by atoms with Crippen LogP contribution in [0.15, 0.2) is 29.4 Å². The number of carbonyl (C=O) groups is 1. The minimum Gasteiger partial charge on any atom is -0.372 e. The first kappa shape index (κ1) is 13.4. The summed E-state index contributed by atoms with van der Waals surface area (Å²) in [5.74, 6) is 0. The highest BCUT2D eigenvalue weighted by atomic mass is 16.2. The topological polar surface area (TPSA) is 70.7 Å². The Labute approximate surface area is 113 Å². The average molecular weight is 260 g/mol. The fraction of sp³-hybridized carbons (Fsp3) is 0.429. The van der Waals surface area contributed by atoms with Gasteiger partial charge < -0.3 is 10.6 Å². The Morgan fingerprint density at radius 2 is 1.84 bits per heavy atom. The van der Waals surface area contributed by atoms with Gasteiger partial charge in [0.15, 0.2) is 0 Å². The van der Waals surface area contributed by atoms with E-state index in [4.69, 9.17) is 5.73 Å². The molecule has 5 nitrogen and oxygen atoms in total. The highest BCUT2D eigenvalue weighted by molar-refractivity contribution is 5.99. The van der Waals surface area contributed by atoms with Crippen LogP contribution < -0.4 is 16.1 Å². The van der Waals surface area contributed by atoms with Crippen molar-refractivity contribution in [1.82, 2.24) is 5.43 Å². The lowest BCUT2D eigenvalue weighted by molar-refractivity contribution is 0.249. The van der Waals surface area contributed by atoms with Gasteiger partial charge >= 0.3 is 6.03 Å². The van der Waals surface area contributed by atoms with Crippen LogP contribution in [0.5, 0.6) is 0 Å². The van der Waals surface area contributed by atoms with E-state index in [1.807, 2.05) is 19.1 Å². The van der Waals surface area contributed by atoms with Gasteiger partial charge in [-0.25, -0.2) is 10.2 Å². The number of piperidine rings is 1. The highest BCUT2D eigenvalue weighted by Crippen LogP contribution is 2.20. The molecule has 5 heteroatoms. The number of carbonyl (C=O) groups excluding carboxylic acids is 1. The van der Waals surface area contributed by atoms with Crippen molar-refractivity contribution in [1.29, 1.82) is 0 Å². The van der Waals surface area contributed by atoms with Gasteiger partial charge in [-0.15, -0.1) is 0 Å². The zero-order valence-electron chi connectivity index (χ0n) is 11.2. The van der Waals surface area contributed by atoms with Gasteiger partial charge in [-0.3, -0.25) is 0 Å². The third-order valence-corrected chi connectivity index (χ3v) is 3.34. The van der Waals surface area contributed by atoms with Gasteiger partial charge in [0, 0.05) is 18.8 Å². The van der Waals surface area contributed by atoms with Crippen LogP contribution in [0.25, 0.3) is 0 Å². The molecule has 1 saturated heterocycles. The quantitative estimate of drug-likeness (QED) is 0.645. The number of nitrogens with zero attached hydrogens (tertiary/aromatic N) is 2. The second kappa shape index (κ2) is 6.22. The van der Waals surface area contributed by atoms with Gasteiger partial charge in [0.1, 0.15) is 0 Å². The van der Waals surface area contributed by atoms with E-state index in [0.29, 0.717) is 0 Å². The standard InChI is InChI=1S/C14H20N4O/c1-11(16-17-14(15)19)12-5-7-13(8-6-12)18-9-3-2-4-10-18/h5-8H,2-4,9-10H2,1H3,(H3,15,17,19)/b16-11-. The Morgan fingerprint density at radius 1 is 1.21 bits per heavy atom. The molecule has 1 heterocycles. The van der Waals surface area contributed by atoms with E-state index in [2.05, 4.69) is 27.6 Å². The van der Waals surface area contributed by atoms with Crippen molar-refractivity contribution in [3.63, 3.8) is 0 Å². The summed E-state index contributed by atoms with van der Waals surface area (Å²) in [5, 5.41) is 3.91. The van der Waals surface area contributed by atoms with Crippen molar-refractivity contribution in [2.45, 2.75) is 26.2 Å². The molecule has 0 bridgehead atoms. The number of primary amides is 1. The average Bonchev–Trinajstić information content (AvgIpc) is 2.46. The number of nitrogens with two attached hydrogens (primary N) is 1. The van der Waals surface area contributed by atoms with E-state index >= 15 is 0 Å². The van der Waals surface area contributed by atoms with Crippen LogP contribution in [0.4, 0.5) is 10.5 Å². The summed E-state index contributed by atoms with van der Waals surface area (Å²) in [6.07, 6.45) is 3.87. The molecule has 0 saturated carbocycles. The van der Waals surface area contributed by atoms with Gasteiger partial charge in [0.25, 0.3) is 0 Å². The Morgan fingerprint density at radius 3 is 2.42 bits per heavy atom. The molecule has 0 atom stereocenters. The summed E-state index contributed by atoms with van der Waals surface area (Å²) in [7, 11) is 0. The predicted octanol–water partition coefficient (Wildman–Crippen LogP) is 2.07. The van der Waals surface area contributed by atoms with E-state index in [-0.39, 0.29) is 0 Å². The number of amides is 2. The molecule has 0 spiro atoms. The molecule has 0 unspecified atom stereocenters. The number of rotatable bonds is 3. The van der Waals surface area contributed by atoms with E-state index in [1.54, 1.807) is 0 Å². The van der Waals surface area contributed by atoms with Crippen LogP contribution in [0.1, 0.15) is 31.7 Å². The van der Waals surface area contributed by atoms with Gasteiger partial charge in [-0.05, 0) is 43.9 Å². The molecule has 1 aliphatic rings. The zero-order chi connectivity index (χ0) is 13.7. The Hall–Kier alpha value is -2.04. The molecule has 2 rings (SSSR count). The largest absolute Gasteiger partial charge is 0.372 e. The number of hydrogen-bond donors (Lipinski definition) is 2. The second-order valence-electron chi connectivity index (χ2n) is 4.77. The summed E-state index contributed by atoms with van der Waals surface area (Å²) in [6.45, 7) is 4.11. The molecule has 0 radical (unpaired) electrons. The van der Waals surface area contributed by atoms with Gasteiger partial charge in [0.2, 0.25) is 0 Å². The van der Waals surface area contributed by atoms with Gasteiger partial charge in [-0.2, -0.15) is 5.10 Å². The van der Waals surface area contributed by atoms with E-state index < -0.39 is 6.03 Å². The number of nitrogens with one attached hydrogen (secondary N) is 1. The molecule has 0 aliphatic carbocycles. The molecule has 1 aliphatic heterocycles. The molecule has 1 aromatic carbocycles. The van der Waals surface area contributed by atoms with Crippen LogP contribution in [0.3, 0.4) is 0 Å². The summed E-state index contributed by atoms with van der Waals surface area (Å²) >= 11 is 0. The minimum atomic E-state index is -0.649. The van der Waals surface area contributed by atoms with Crippen molar-refractivity contribution in [3.05, 3.63) is 29.8 Å². The van der Waals surface area contributed by atoms with Crippen molar-refractivity contribution < 1.29 is 4.79 Å². The van der Waals surface area contributed by atoms with E-state index in [9.17, 15) is 4.79 Å². The number of benzene rings is 1. The molecule has 0 aromatic heterocycles. The smallest absolute Gasteiger partial charge is 0.332 e. The van der Waals surface area contributed by atoms with Crippen LogP contribution in [-0.4, -0.2) is 24.8 Å². The monoisotopic (exact) mass is 260 g/mol. The van der Waals surface area contributed by atoms with Crippen LogP contribution >= 0.6 is 0 Å². The maximum absolute atomic E-state index is 10.6. The number of urea groups is 1. The fourth-order valence-corrected chi connectivity index (χ4v) is 2.27. The molecule has 102 valence electrons. The third-order valence-electron chi connectivity index (χ3n) is 3.34.